The molecule has 168 valence electrons. The molecule has 1 aromatic carbocycles. The number of likely N-dealkylation sites (N-methyl/N-ethyl adjacent to an activating group) is 1. The molecular weight excluding hydrogens is 418 g/mol. The first-order valence-corrected chi connectivity index (χ1v) is 11.6. The summed E-state index contributed by atoms with van der Waals surface area (Å²) in [4.78, 5) is 17.5. The van der Waals surface area contributed by atoms with Crippen LogP contribution in [0.1, 0.15) is 20.8 Å². The zero-order valence-electron chi connectivity index (χ0n) is 18.2. The van der Waals surface area contributed by atoms with Crippen LogP contribution in [-0.2, 0) is 14.8 Å². The monoisotopic (exact) mass is 447 g/mol. The van der Waals surface area contributed by atoms with Gasteiger partial charge in [-0.15, -0.1) is 0 Å². The number of aliphatic hydroxyl groups excluding tert-OH is 1. The summed E-state index contributed by atoms with van der Waals surface area (Å²) in [7, 11) is -2.21. The molecule has 0 fully saturated rings. The molecule has 0 spiro atoms. The summed E-state index contributed by atoms with van der Waals surface area (Å²) in [5, 5.41) is 9.70. The van der Waals surface area contributed by atoms with E-state index >= 15 is 0 Å². The largest absolute Gasteiger partial charge is 0.487 e. The van der Waals surface area contributed by atoms with Gasteiger partial charge in [-0.1, -0.05) is 19.1 Å². The first kappa shape index (κ1) is 23.2. The summed E-state index contributed by atoms with van der Waals surface area (Å²) >= 11 is 0. The number of sulfonamides is 1. The molecule has 3 rings (SSSR count). The Bertz CT molecular complexity index is 1030. The number of hydrogen-bond acceptors (Lipinski definition) is 6. The standard InChI is InChI=1S/C22H29N3O5S/c1-15-12-25(16(2)14-26)31(28,29)22-8-7-18(19-6-5-9-23-11-19)10-20(22)30-21(15)13-24(4)17(3)27/h5-11,15-16,21,26H,12-14H2,1-4H3/t15-,16-,21-/m1/s1. The van der Waals surface area contributed by atoms with Crippen LogP contribution in [0.5, 0.6) is 5.75 Å². The summed E-state index contributed by atoms with van der Waals surface area (Å²) in [6.07, 6.45) is 2.94. The number of aliphatic hydroxyl groups is 1. The van der Waals surface area contributed by atoms with E-state index in [9.17, 15) is 18.3 Å². The van der Waals surface area contributed by atoms with Gasteiger partial charge in [0.05, 0.1) is 13.2 Å². The van der Waals surface area contributed by atoms with Crippen LogP contribution in [0.3, 0.4) is 0 Å². The number of fused-ring (bicyclic) bond motifs is 1. The molecule has 1 aliphatic heterocycles. The maximum Gasteiger partial charge on any atom is 0.247 e. The molecular formula is C22H29N3O5S. The quantitative estimate of drug-likeness (QED) is 0.753. The van der Waals surface area contributed by atoms with E-state index in [1.807, 2.05) is 13.0 Å². The minimum Gasteiger partial charge on any atom is -0.487 e. The highest BCUT2D eigenvalue weighted by molar-refractivity contribution is 7.89. The predicted octanol–water partition coefficient (Wildman–Crippen LogP) is 2.00. The lowest BCUT2D eigenvalue weighted by Gasteiger charge is -2.37. The van der Waals surface area contributed by atoms with Gasteiger partial charge in [-0.3, -0.25) is 9.78 Å². The van der Waals surface area contributed by atoms with Crippen molar-refractivity contribution in [1.82, 2.24) is 14.2 Å². The summed E-state index contributed by atoms with van der Waals surface area (Å²) in [6, 6.07) is 8.05. The molecule has 1 aliphatic rings. The van der Waals surface area contributed by atoms with E-state index < -0.39 is 22.2 Å². The normalized spacial score (nSPS) is 21.8. The Labute approximate surface area is 183 Å². The molecule has 0 aliphatic carbocycles. The molecule has 1 aromatic heterocycles. The number of rotatable bonds is 5. The van der Waals surface area contributed by atoms with Gasteiger partial charge in [-0.2, -0.15) is 4.31 Å². The fourth-order valence-electron chi connectivity index (χ4n) is 3.56. The molecule has 9 heteroatoms. The predicted molar refractivity (Wildman–Crippen MR) is 117 cm³/mol. The van der Waals surface area contributed by atoms with E-state index in [0.717, 1.165) is 11.1 Å². The Morgan fingerprint density at radius 3 is 2.71 bits per heavy atom. The van der Waals surface area contributed by atoms with Gasteiger partial charge in [0.15, 0.2) is 0 Å². The summed E-state index contributed by atoms with van der Waals surface area (Å²) in [6.45, 7) is 5.23. The van der Waals surface area contributed by atoms with Crippen LogP contribution in [0.4, 0.5) is 0 Å². The summed E-state index contributed by atoms with van der Waals surface area (Å²) in [5.41, 5.74) is 1.61. The SMILES string of the molecule is CC(=O)N(C)C[C@H]1Oc2cc(-c3cccnc3)ccc2S(=O)(=O)N([C@H](C)CO)C[C@H]1C. The van der Waals surface area contributed by atoms with E-state index in [4.69, 9.17) is 4.74 Å². The summed E-state index contributed by atoms with van der Waals surface area (Å²) < 4.78 is 34.5. The maximum absolute atomic E-state index is 13.5. The van der Waals surface area contributed by atoms with E-state index in [0.29, 0.717) is 6.54 Å². The Hall–Kier alpha value is -2.49. The Morgan fingerprint density at radius 2 is 2.10 bits per heavy atom. The van der Waals surface area contributed by atoms with Crippen molar-refractivity contribution >= 4 is 15.9 Å². The molecule has 31 heavy (non-hydrogen) atoms. The van der Waals surface area contributed by atoms with E-state index in [1.54, 1.807) is 49.5 Å². The topological polar surface area (TPSA) is 100 Å². The van der Waals surface area contributed by atoms with Crippen LogP contribution in [0, 0.1) is 5.92 Å². The molecule has 0 saturated heterocycles. The van der Waals surface area contributed by atoms with Crippen molar-refractivity contribution in [3.8, 4) is 16.9 Å². The number of hydrogen-bond donors (Lipinski definition) is 1. The number of benzene rings is 1. The van der Waals surface area contributed by atoms with E-state index in [1.165, 1.54) is 17.3 Å². The second-order valence-electron chi connectivity index (χ2n) is 8.04. The lowest BCUT2D eigenvalue weighted by atomic mass is 10.0. The van der Waals surface area contributed by atoms with Gasteiger partial charge in [-0.25, -0.2) is 8.42 Å². The zero-order valence-corrected chi connectivity index (χ0v) is 19.0. The molecule has 2 aromatic rings. The minimum atomic E-state index is -3.90. The fourth-order valence-corrected chi connectivity index (χ4v) is 5.38. The van der Waals surface area contributed by atoms with Crippen molar-refractivity contribution in [3.63, 3.8) is 0 Å². The Kier molecular flexibility index (Phi) is 6.98. The number of aromatic nitrogens is 1. The van der Waals surface area contributed by atoms with Gasteiger partial charge < -0.3 is 14.7 Å². The van der Waals surface area contributed by atoms with Crippen molar-refractivity contribution in [3.05, 3.63) is 42.7 Å². The number of amides is 1. The third-order valence-corrected chi connectivity index (χ3v) is 7.67. The first-order valence-electron chi connectivity index (χ1n) is 10.2. The average Bonchev–Trinajstić information content (AvgIpc) is 2.75. The molecule has 0 saturated carbocycles. The van der Waals surface area contributed by atoms with Crippen LogP contribution in [0.15, 0.2) is 47.6 Å². The van der Waals surface area contributed by atoms with E-state index in [2.05, 4.69) is 4.98 Å². The highest BCUT2D eigenvalue weighted by atomic mass is 32.2. The highest BCUT2D eigenvalue weighted by Gasteiger charge is 2.38. The van der Waals surface area contributed by atoms with Gasteiger partial charge in [0.25, 0.3) is 0 Å². The number of pyridine rings is 1. The van der Waals surface area contributed by atoms with Gasteiger partial charge in [0.2, 0.25) is 15.9 Å². The van der Waals surface area contributed by atoms with Gasteiger partial charge >= 0.3 is 0 Å². The van der Waals surface area contributed by atoms with Crippen LogP contribution >= 0.6 is 0 Å². The molecule has 1 N–H and O–H groups in total. The molecule has 1 amide bonds. The molecule has 8 nitrogen and oxygen atoms in total. The lowest BCUT2D eigenvalue weighted by molar-refractivity contribution is -0.129. The molecule has 2 heterocycles. The maximum atomic E-state index is 13.5. The second kappa shape index (κ2) is 9.33. The van der Waals surface area contributed by atoms with Crippen LogP contribution < -0.4 is 4.74 Å². The van der Waals surface area contributed by atoms with Gasteiger partial charge in [0, 0.05) is 50.4 Å². The first-order chi connectivity index (χ1) is 14.6. The number of nitrogens with zero attached hydrogens (tertiary/aromatic N) is 3. The Morgan fingerprint density at radius 1 is 1.35 bits per heavy atom. The summed E-state index contributed by atoms with van der Waals surface area (Å²) in [5.74, 6) is -0.0961. The van der Waals surface area contributed by atoms with Crippen LogP contribution in [-0.4, -0.2) is 72.5 Å². The molecule has 0 unspecified atom stereocenters. The smallest absolute Gasteiger partial charge is 0.247 e. The van der Waals surface area contributed by atoms with Crippen molar-refractivity contribution in [2.75, 3.05) is 26.7 Å². The van der Waals surface area contributed by atoms with Crippen LogP contribution in [0.25, 0.3) is 11.1 Å². The van der Waals surface area contributed by atoms with Crippen molar-refractivity contribution < 1.29 is 23.1 Å². The third kappa shape index (κ3) is 4.89. The number of carbonyl (C=O) groups excluding carboxylic acids is 1. The molecule has 0 bridgehead atoms. The zero-order chi connectivity index (χ0) is 22.8. The highest BCUT2D eigenvalue weighted by Crippen LogP contribution is 2.36. The lowest BCUT2D eigenvalue weighted by Crippen LogP contribution is -2.50. The van der Waals surface area contributed by atoms with Crippen LogP contribution in [0.2, 0.25) is 0 Å². The molecule has 3 atom stereocenters. The van der Waals surface area contributed by atoms with E-state index in [-0.39, 0.29) is 35.6 Å². The van der Waals surface area contributed by atoms with Gasteiger partial charge in [-0.05, 0) is 30.7 Å². The average molecular weight is 448 g/mol. The number of ether oxygens (including phenoxy) is 1. The number of carbonyl (C=O) groups is 1. The van der Waals surface area contributed by atoms with Gasteiger partial charge in [0.1, 0.15) is 16.7 Å². The third-order valence-electron chi connectivity index (χ3n) is 5.65. The van der Waals surface area contributed by atoms with Crippen molar-refractivity contribution in [1.29, 1.82) is 0 Å². The Balaban J connectivity index is 2.13. The minimum absolute atomic E-state index is 0.0443. The van der Waals surface area contributed by atoms with Crippen molar-refractivity contribution in [2.24, 2.45) is 5.92 Å². The molecule has 0 radical (unpaired) electrons. The fraction of sp³-hybridized carbons (Fsp3) is 0.455. The second-order valence-corrected chi connectivity index (χ2v) is 9.90. The van der Waals surface area contributed by atoms with Crippen molar-refractivity contribution in [2.45, 2.75) is 37.8 Å².